The Morgan fingerprint density at radius 1 is 1.36 bits per heavy atom. The summed E-state index contributed by atoms with van der Waals surface area (Å²) < 4.78 is 9.99. The van der Waals surface area contributed by atoms with Crippen molar-refractivity contribution in [2.75, 3.05) is 40.5 Å². The SMILES string of the molecule is COCC(=O)N[C@@H]1CCN(C(=O)c2ccc(OC)cc2C)C[C@@H]1CO. The van der Waals surface area contributed by atoms with Gasteiger partial charge in [0, 0.05) is 44.3 Å². The molecule has 0 radical (unpaired) electrons. The highest BCUT2D eigenvalue weighted by atomic mass is 16.5. The van der Waals surface area contributed by atoms with Gasteiger partial charge >= 0.3 is 0 Å². The summed E-state index contributed by atoms with van der Waals surface area (Å²) in [7, 11) is 3.05. The highest BCUT2D eigenvalue weighted by Crippen LogP contribution is 2.22. The molecule has 1 saturated heterocycles. The van der Waals surface area contributed by atoms with Crippen LogP contribution in [-0.4, -0.2) is 68.4 Å². The summed E-state index contributed by atoms with van der Waals surface area (Å²) in [4.78, 5) is 26.2. The molecule has 138 valence electrons. The first-order valence-electron chi connectivity index (χ1n) is 8.33. The number of ether oxygens (including phenoxy) is 2. The molecular weight excluding hydrogens is 324 g/mol. The number of likely N-dealkylation sites (tertiary alicyclic amines) is 1. The van der Waals surface area contributed by atoms with Crippen LogP contribution in [0, 0.1) is 12.8 Å². The van der Waals surface area contributed by atoms with Crippen LogP contribution >= 0.6 is 0 Å². The number of carbonyl (C=O) groups excluding carboxylic acids is 2. The molecule has 25 heavy (non-hydrogen) atoms. The molecule has 1 fully saturated rings. The maximum Gasteiger partial charge on any atom is 0.254 e. The summed E-state index contributed by atoms with van der Waals surface area (Å²) in [6.45, 7) is 2.69. The summed E-state index contributed by atoms with van der Waals surface area (Å²) in [5, 5.41) is 12.5. The van der Waals surface area contributed by atoms with E-state index in [2.05, 4.69) is 5.32 Å². The Labute approximate surface area is 147 Å². The summed E-state index contributed by atoms with van der Waals surface area (Å²) in [5.74, 6) is 0.232. The Morgan fingerprint density at radius 2 is 2.12 bits per heavy atom. The number of aliphatic hydroxyl groups excluding tert-OH is 1. The first-order valence-corrected chi connectivity index (χ1v) is 8.33. The van der Waals surface area contributed by atoms with E-state index < -0.39 is 0 Å². The molecule has 1 aliphatic rings. The Bertz CT molecular complexity index is 619. The first kappa shape index (κ1) is 19.2. The molecule has 0 aromatic heterocycles. The van der Waals surface area contributed by atoms with Gasteiger partial charge < -0.3 is 24.8 Å². The van der Waals surface area contributed by atoms with E-state index in [1.807, 2.05) is 13.0 Å². The minimum Gasteiger partial charge on any atom is -0.497 e. The number of piperidine rings is 1. The number of nitrogens with one attached hydrogen (secondary N) is 1. The number of aryl methyl sites for hydroxylation is 1. The van der Waals surface area contributed by atoms with Gasteiger partial charge in [-0.2, -0.15) is 0 Å². The van der Waals surface area contributed by atoms with Crippen molar-refractivity contribution in [3.8, 4) is 5.75 Å². The van der Waals surface area contributed by atoms with Gasteiger partial charge in [-0.15, -0.1) is 0 Å². The Balaban J connectivity index is 2.05. The predicted octanol–water partition coefficient (Wildman–Crippen LogP) is 0.589. The fraction of sp³-hybridized carbons (Fsp3) is 0.556. The van der Waals surface area contributed by atoms with Crippen LogP contribution in [0.25, 0.3) is 0 Å². The van der Waals surface area contributed by atoms with Gasteiger partial charge in [-0.25, -0.2) is 0 Å². The van der Waals surface area contributed by atoms with E-state index in [1.165, 1.54) is 7.11 Å². The molecular formula is C18H26N2O5. The van der Waals surface area contributed by atoms with Gasteiger partial charge in [-0.05, 0) is 37.1 Å². The maximum atomic E-state index is 12.8. The molecule has 1 aliphatic heterocycles. The van der Waals surface area contributed by atoms with Crippen LogP contribution in [-0.2, 0) is 9.53 Å². The number of amides is 2. The average Bonchev–Trinajstić information content (AvgIpc) is 2.61. The summed E-state index contributed by atoms with van der Waals surface area (Å²) >= 11 is 0. The largest absolute Gasteiger partial charge is 0.497 e. The molecule has 0 bridgehead atoms. The molecule has 1 heterocycles. The number of methoxy groups -OCH3 is 2. The quantitative estimate of drug-likeness (QED) is 0.784. The van der Waals surface area contributed by atoms with Gasteiger partial charge in [0.05, 0.1) is 7.11 Å². The standard InChI is InChI=1S/C18H26N2O5/c1-12-8-14(25-3)4-5-15(12)18(23)20-7-6-16(13(9-20)10-21)19-17(22)11-24-2/h4-5,8,13,16,21H,6-7,9-11H2,1-3H3,(H,19,22)/t13-,16-/m1/s1. The third-order valence-corrected chi connectivity index (χ3v) is 4.54. The van der Waals surface area contributed by atoms with Crippen LogP contribution in [0.15, 0.2) is 18.2 Å². The van der Waals surface area contributed by atoms with E-state index in [4.69, 9.17) is 9.47 Å². The average molecular weight is 350 g/mol. The fourth-order valence-corrected chi connectivity index (χ4v) is 3.14. The lowest BCUT2D eigenvalue weighted by Gasteiger charge is -2.38. The number of aliphatic hydroxyl groups is 1. The van der Waals surface area contributed by atoms with Crippen LogP contribution < -0.4 is 10.1 Å². The van der Waals surface area contributed by atoms with Crippen molar-refractivity contribution >= 4 is 11.8 Å². The van der Waals surface area contributed by atoms with E-state index in [1.54, 1.807) is 24.1 Å². The summed E-state index contributed by atoms with van der Waals surface area (Å²) in [6, 6.07) is 5.20. The summed E-state index contributed by atoms with van der Waals surface area (Å²) in [6.07, 6.45) is 0.599. The lowest BCUT2D eigenvalue weighted by atomic mass is 9.92. The van der Waals surface area contributed by atoms with Gasteiger partial charge in [0.2, 0.25) is 5.91 Å². The number of benzene rings is 1. The van der Waals surface area contributed by atoms with E-state index in [0.29, 0.717) is 30.8 Å². The second-order valence-electron chi connectivity index (χ2n) is 6.27. The van der Waals surface area contributed by atoms with Crippen molar-refractivity contribution in [2.24, 2.45) is 5.92 Å². The van der Waals surface area contributed by atoms with Gasteiger partial charge in [0.1, 0.15) is 12.4 Å². The molecule has 1 aromatic rings. The molecule has 7 heteroatoms. The first-order chi connectivity index (χ1) is 12.0. The van der Waals surface area contributed by atoms with Gasteiger partial charge in [-0.1, -0.05) is 0 Å². The van der Waals surface area contributed by atoms with E-state index in [-0.39, 0.29) is 37.0 Å². The van der Waals surface area contributed by atoms with Crippen molar-refractivity contribution in [3.05, 3.63) is 29.3 Å². The third-order valence-electron chi connectivity index (χ3n) is 4.54. The molecule has 2 rings (SSSR count). The van der Waals surface area contributed by atoms with Crippen molar-refractivity contribution in [1.29, 1.82) is 0 Å². The van der Waals surface area contributed by atoms with Gasteiger partial charge in [0.25, 0.3) is 5.91 Å². The van der Waals surface area contributed by atoms with Gasteiger partial charge in [0.15, 0.2) is 0 Å². The monoisotopic (exact) mass is 350 g/mol. The van der Waals surface area contributed by atoms with Crippen LogP contribution in [0.1, 0.15) is 22.3 Å². The Morgan fingerprint density at radius 3 is 2.72 bits per heavy atom. The zero-order valence-corrected chi connectivity index (χ0v) is 14.9. The fourth-order valence-electron chi connectivity index (χ4n) is 3.14. The van der Waals surface area contributed by atoms with Crippen LogP contribution in [0.2, 0.25) is 0 Å². The van der Waals surface area contributed by atoms with Crippen molar-refractivity contribution in [1.82, 2.24) is 10.2 Å². The van der Waals surface area contributed by atoms with E-state index in [0.717, 1.165) is 5.56 Å². The lowest BCUT2D eigenvalue weighted by Crippen LogP contribution is -2.54. The number of carbonyl (C=O) groups is 2. The zero-order valence-electron chi connectivity index (χ0n) is 14.9. The Kier molecular flexibility index (Phi) is 6.78. The number of hydrogen-bond acceptors (Lipinski definition) is 5. The minimum atomic E-state index is -0.211. The molecule has 7 nitrogen and oxygen atoms in total. The number of rotatable bonds is 6. The zero-order chi connectivity index (χ0) is 18.4. The van der Waals surface area contributed by atoms with E-state index >= 15 is 0 Å². The van der Waals surface area contributed by atoms with Crippen molar-refractivity contribution in [3.63, 3.8) is 0 Å². The Hall–Kier alpha value is -2.12. The predicted molar refractivity (Wildman–Crippen MR) is 92.6 cm³/mol. The molecule has 2 atom stereocenters. The summed E-state index contributed by atoms with van der Waals surface area (Å²) in [5.41, 5.74) is 1.47. The number of hydrogen-bond donors (Lipinski definition) is 2. The normalized spacial score (nSPS) is 20.2. The third kappa shape index (κ3) is 4.70. The maximum absolute atomic E-state index is 12.8. The molecule has 2 N–H and O–H groups in total. The topological polar surface area (TPSA) is 88.1 Å². The van der Waals surface area contributed by atoms with Crippen LogP contribution in [0.4, 0.5) is 0 Å². The smallest absolute Gasteiger partial charge is 0.254 e. The molecule has 0 spiro atoms. The van der Waals surface area contributed by atoms with Crippen LogP contribution in [0.5, 0.6) is 5.75 Å². The molecule has 0 unspecified atom stereocenters. The van der Waals surface area contributed by atoms with Gasteiger partial charge in [-0.3, -0.25) is 9.59 Å². The minimum absolute atomic E-state index is 0.0116. The molecule has 0 aliphatic carbocycles. The molecule has 2 amide bonds. The highest BCUT2D eigenvalue weighted by Gasteiger charge is 2.32. The second-order valence-corrected chi connectivity index (χ2v) is 6.27. The van der Waals surface area contributed by atoms with Crippen molar-refractivity contribution < 1.29 is 24.2 Å². The molecule has 1 aromatic carbocycles. The molecule has 0 saturated carbocycles. The van der Waals surface area contributed by atoms with Crippen molar-refractivity contribution in [2.45, 2.75) is 19.4 Å². The second kappa shape index (κ2) is 8.82. The lowest BCUT2D eigenvalue weighted by molar-refractivity contribution is -0.126. The number of nitrogens with zero attached hydrogens (tertiary/aromatic N) is 1. The van der Waals surface area contributed by atoms with Crippen LogP contribution in [0.3, 0.4) is 0 Å². The highest BCUT2D eigenvalue weighted by molar-refractivity contribution is 5.96. The van der Waals surface area contributed by atoms with E-state index in [9.17, 15) is 14.7 Å².